The van der Waals surface area contributed by atoms with Gasteiger partial charge in [0.2, 0.25) is 0 Å². The molecule has 0 saturated heterocycles. The van der Waals surface area contributed by atoms with Gasteiger partial charge in [0.25, 0.3) is 0 Å². The van der Waals surface area contributed by atoms with E-state index in [-0.39, 0.29) is 0 Å². The van der Waals surface area contributed by atoms with Gasteiger partial charge < -0.3 is 10.1 Å². The minimum Gasteiger partial charge on any atom is -0.494 e. The number of amides is 2. The molecule has 0 aliphatic carbocycles. The highest BCUT2D eigenvalue weighted by Gasteiger charge is 2.07. The lowest BCUT2D eigenvalue weighted by molar-refractivity contribution is 0.252. The molecule has 2 amide bonds. The molecule has 0 unspecified atom stereocenters. The molecule has 0 heterocycles. The largest absolute Gasteiger partial charge is 0.494 e. The fourth-order valence-electron chi connectivity index (χ4n) is 1.88. The molecule has 0 spiro atoms. The monoisotopic (exact) mass is 351 g/mol. The van der Waals surface area contributed by atoms with Crippen LogP contribution in [0.5, 0.6) is 5.75 Å². The van der Waals surface area contributed by atoms with E-state index in [1.807, 2.05) is 31.2 Å². The van der Waals surface area contributed by atoms with Crippen LogP contribution in [0.3, 0.4) is 0 Å². The smallest absolute Gasteiger partial charge is 0.339 e. The van der Waals surface area contributed by atoms with Crippen LogP contribution in [0, 0.1) is 6.92 Å². The van der Waals surface area contributed by atoms with Gasteiger partial charge in [-0.25, -0.2) is 10.2 Å². The first kappa shape index (κ1) is 17.1. The number of halogens is 2. The van der Waals surface area contributed by atoms with E-state index in [2.05, 4.69) is 15.8 Å². The highest BCUT2D eigenvalue weighted by molar-refractivity contribution is 6.37. The van der Waals surface area contributed by atoms with E-state index in [0.717, 1.165) is 11.3 Å². The number of hydrogen-bond acceptors (Lipinski definition) is 3. The maximum absolute atomic E-state index is 11.8. The van der Waals surface area contributed by atoms with Crippen molar-refractivity contribution in [1.29, 1.82) is 0 Å². The summed E-state index contributed by atoms with van der Waals surface area (Å²) < 4.78 is 5.06. The number of benzene rings is 2. The molecule has 0 aliphatic heterocycles. The summed E-state index contributed by atoms with van der Waals surface area (Å²) in [7, 11) is 1.48. The molecule has 7 heteroatoms. The van der Waals surface area contributed by atoms with Crippen LogP contribution in [0.15, 0.2) is 41.5 Å². The lowest BCUT2D eigenvalue weighted by Gasteiger charge is -2.07. The SMILES string of the molecule is COc1c(Cl)cc(/C=N\NC(=O)Nc2ccccc2C)cc1Cl. The van der Waals surface area contributed by atoms with Gasteiger partial charge in [0, 0.05) is 5.69 Å². The van der Waals surface area contributed by atoms with Crippen LogP contribution in [-0.2, 0) is 0 Å². The zero-order chi connectivity index (χ0) is 16.8. The second-order valence-electron chi connectivity index (χ2n) is 4.66. The molecule has 2 aromatic carbocycles. The molecular formula is C16H15Cl2N3O2. The highest BCUT2D eigenvalue weighted by Crippen LogP contribution is 2.33. The van der Waals surface area contributed by atoms with Gasteiger partial charge in [0.1, 0.15) is 0 Å². The number of aryl methyl sites for hydroxylation is 1. The number of carbonyl (C=O) groups excluding carboxylic acids is 1. The number of anilines is 1. The Morgan fingerprint density at radius 2 is 1.87 bits per heavy atom. The minimum atomic E-state index is -0.443. The van der Waals surface area contributed by atoms with Crippen molar-refractivity contribution < 1.29 is 9.53 Å². The van der Waals surface area contributed by atoms with Crippen molar-refractivity contribution in [2.24, 2.45) is 5.10 Å². The quantitative estimate of drug-likeness (QED) is 0.630. The maximum atomic E-state index is 11.8. The first-order valence-electron chi connectivity index (χ1n) is 6.70. The highest BCUT2D eigenvalue weighted by atomic mass is 35.5. The number of methoxy groups -OCH3 is 1. The third-order valence-corrected chi connectivity index (χ3v) is 3.56. The number of rotatable bonds is 4. The van der Waals surface area contributed by atoms with Gasteiger partial charge >= 0.3 is 6.03 Å². The Kier molecular flexibility index (Phi) is 5.84. The number of nitrogens with one attached hydrogen (secondary N) is 2. The molecule has 0 aromatic heterocycles. The third-order valence-electron chi connectivity index (χ3n) is 3.00. The predicted molar refractivity (Wildman–Crippen MR) is 93.9 cm³/mol. The first-order valence-corrected chi connectivity index (χ1v) is 7.45. The van der Waals surface area contributed by atoms with Gasteiger partial charge in [0.05, 0.1) is 23.4 Å². The van der Waals surface area contributed by atoms with Crippen molar-refractivity contribution in [2.75, 3.05) is 12.4 Å². The zero-order valence-electron chi connectivity index (χ0n) is 12.6. The predicted octanol–water partition coefficient (Wildman–Crippen LogP) is 4.47. The number of para-hydroxylation sites is 1. The van der Waals surface area contributed by atoms with Gasteiger partial charge in [-0.05, 0) is 36.2 Å². The maximum Gasteiger partial charge on any atom is 0.339 e. The van der Waals surface area contributed by atoms with Crippen molar-refractivity contribution in [2.45, 2.75) is 6.92 Å². The first-order chi connectivity index (χ1) is 11.0. The fourth-order valence-corrected chi connectivity index (χ4v) is 2.54. The summed E-state index contributed by atoms with van der Waals surface area (Å²) in [6, 6.07) is 10.3. The van der Waals surface area contributed by atoms with Gasteiger partial charge in [-0.3, -0.25) is 0 Å². The van der Waals surface area contributed by atoms with Crippen LogP contribution in [0.4, 0.5) is 10.5 Å². The topological polar surface area (TPSA) is 62.7 Å². The Morgan fingerprint density at radius 1 is 1.22 bits per heavy atom. The van der Waals surface area contributed by atoms with Crippen LogP contribution in [-0.4, -0.2) is 19.4 Å². The van der Waals surface area contributed by atoms with Gasteiger partial charge in [0.15, 0.2) is 5.75 Å². The molecule has 23 heavy (non-hydrogen) atoms. The number of hydrogen-bond donors (Lipinski definition) is 2. The molecule has 2 rings (SSSR count). The molecule has 0 bridgehead atoms. The van der Waals surface area contributed by atoms with Crippen LogP contribution in [0.2, 0.25) is 10.0 Å². The average molecular weight is 352 g/mol. The number of urea groups is 1. The van der Waals surface area contributed by atoms with Crippen molar-refractivity contribution in [3.63, 3.8) is 0 Å². The number of carbonyl (C=O) groups is 1. The second-order valence-corrected chi connectivity index (χ2v) is 5.47. The summed E-state index contributed by atoms with van der Waals surface area (Å²) in [6.45, 7) is 1.90. The van der Waals surface area contributed by atoms with E-state index in [1.165, 1.54) is 13.3 Å². The summed E-state index contributed by atoms with van der Waals surface area (Å²) in [5.74, 6) is 0.399. The Balaban J connectivity index is 1.99. The zero-order valence-corrected chi connectivity index (χ0v) is 14.1. The van der Waals surface area contributed by atoms with E-state index in [9.17, 15) is 4.79 Å². The molecule has 0 aliphatic rings. The molecule has 0 atom stereocenters. The summed E-state index contributed by atoms with van der Waals surface area (Å²) in [5.41, 5.74) is 4.69. The van der Waals surface area contributed by atoms with E-state index >= 15 is 0 Å². The molecular weight excluding hydrogens is 337 g/mol. The van der Waals surface area contributed by atoms with Crippen molar-refractivity contribution in [3.8, 4) is 5.75 Å². The Hall–Kier alpha value is -2.24. The molecule has 0 saturated carbocycles. The van der Waals surface area contributed by atoms with Crippen molar-refractivity contribution in [3.05, 3.63) is 57.6 Å². The number of ether oxygens (including phenoxy) is 1. The van der Waals surface area contributed by atoms with Crippen LogP contribution >= 0.6 is 23.2 Å². The van der Waals surface area contributed by atoms with Crippen LogP contribution in [0.1, 0.15) is 11.1 Å². The second kappa shape index (κ2) is 7.85. The lowest BCUT2D eigenvalue weighted by atomic mass is 10.2. The van der Waals surface area contributed by atoms with Crippen molar-refractivity contribution >= 4 is 41.1 Å². The Morgan fingerprint density at radius 3 is 2.48 bits per heavy atom. The molecule has 5 nitrogen and oxygen atoms in total. The average Bonchev–Trinajstić information content (AvgIpc) is 2.49. The lowest BCUT2D eigenvalue weighted by Crippen LogP contribution is -2.24. The summed E-state index contributed by atoms with van der Waals surface area (Å²) in [5, 5.41) is 7.29. The van der Waals surface area contributed by atoms with Gasteiger partial charge in [-0.2, -0.15) is 5.10 Å². The van der Waals surface area contributed by atoms with Crippen LogP contribution in [0.25, 0.3) is 0 Å². The minimum absolute atomic E-state index is 0.366. The van der Waals surface area contributed by atoms with E-state index < -0.39 is 6.03 Å². The number of nitrogens with zero attached hydrogens (tertiary/aromatic N) is 1. The Labute approximate surface area is 144 Å². The van der Waals surface area contributed by atoms with E-state index in [4.69, 9.17) is 27.9 Å². The van der Waals surface area contributed by atoms with Gasteiger partial charge in [-0.1, -0.05) is 41.4 Å². The van der Waals surface area contributed by atoms with Crippen molar-refractivity contribution in [1.82, 2.24) is 5.43 Å². The van der Waals surface area contributed by atoms with E-state index in [1.54, 1.807) is 12.1 Å². The number of hydrazone groups is 1. The van der Waals surface area contributed by atoms with Crippen LogP contribution < -0.4 is 15.5 Å². The standard InChI is InChI=1S/C16H15Cl2N3O2/c1-10-5-3-4-6-14(10)20-16(22)21-19-9-11-7-12(17)15(23-2)13(18)8-11/h3-9H,1-2H3,(H2,20,21,22)/b19-9-. The Bertz CT molecular complexity index is 725. The van der Waals surface area contributed by atoms with E-state index in [0.29, 0.717) is 21.4 Å². The summed E-state index contributed by atoms with van der Waals surface area (Å²) in [4.78, 5) is 11.8. The fraction of sp³-hybridized carbons (Fsp3) is 0.125. The van der Waals surface area contributed by atoms with Gasteiger partial charge in [-0.15, -0.1) is 0 Å². The molecule has 0 fully saturated rings. The molecule has 120 valence electrons. The molecule has 0 radical (unpaired) electrons. The third kappa shape index (κ3) is 4.61. The summed E-state index contributed by atoms with van der Waals surface area (Å²) in [6.07, 6.45) is 1.44. The summed E-state index contributed by atoms with van der Waals surface area (Å²) >= 11 is 12.1. The normalized spacial score (nSPS) is 10.6. The molecule has 2 aromatic rings. The molecule has 2 N–H and O–H groups in total.